The summed E-state index contributed by atoms with van der Waals surface area (Å²) < 4.78 is 0. The van der Waals surface area contributed by atoms with E-state index in [4.69, 9.17) is 0 Å². The van der Waals surface area contributed by atoms with Crippen molar-refractivity contribution >= 4 is 0 Å². The molecular formula is C14H26. The fraction of sp³-hybridized carbons (Fsp3) is 1.00. The first kappa shape index (κ1) is 10.5. The van der Waals surface area contributed by atoms with Gasteiger partial charge in [-0.25, -0.2) is 0 Å². The van der Waals surface area contributed by atoms with Gasteiger partial charge >= 0.3 is 0 Å². The molecule has 82 valence electrons. The van der Waals surface area contributed by atoms with E-state index in [0.29, 0.717) is 5.41 Å². The third kappa shape index (κ3) is 0.864. The van der Waals surface area contributed by atoms with Crippen LogP contribution < -0.4 is 0 Å². The Bertz CT molecular complexity index is 240. The predicted molar refractivity (Wildman–Crippen MR) is 62.1 cm³/mol. The largest absolute Gasteiger partial charge is 0.0651 e. The molecule has 2 rings (SSSR count). The summed E-state index contributed by atoms with van der Waals surface area (Å²) in [4.78, 5) is 0. The smallest absolute Gasteiger partial charge is 0.0156 e. The maximum atomic E-state index is 2.49. The van der Waals surface area contributed by atoms with E-state index >= 15 is 0 Å². The van der Waals surface area contributed by atoms with Gasteiger partial charge in [0.1, 0.15) is 0 Å². The molecule has 2 aliphatic rings. The van der Waals surface area contributed by atoms with Crippen LogP contribution in [0.2, 0.25) is 0 Å². The topological polar surface area (TPSA) is 0 Å². The average Bonchev–Trinajstić information content (AvgIpc) is 2.59. The molecule has 0 heteroatoms. The molecule has 0 amide bonds. The van der Waals surface area contributed by atoms with Crippen LogP contribution in [0.5, 0.6) is 0 Å². The third-order valence-corrected chi connectivity index (χ3v) is 6.20. The lowest BCUT2D eigenvalue weighted by Crippen LogP contribution is -2.44. The van der Waals surface area contributed by atoms with Crippen molar-refractivity contribution in [2.45, 2.75) is 54.4 Å². The van der Waals surface area contributed by atoms with Crippen molar-refractivity contribution in [3.63, 3.8) is 0 Å². The molecule has 1 spiro atoms. The SMILES string of the molecule is CCC(C)C1CC(C)C12C(C)C2(C)C. The number of rotatable bonds is 2. The summed E-state index contributed by atoms with van der Waals surface area (Å²) in [6, 6.07) is 0. The normalized spacial score (nSPS) is 51.4. The third-order valence-electron chi connectivity index (χ3n) is 6.20. The molecule has 5 unspecified atom stereocenters. The van der Waals surface area contributed by atoms with Gasteiger partial charge in [0, 0.05) is 0 Å². The number of hydrogen-bond donors (Lipinski definition) is 0. The number of hydrogen-bond acceptors (Lipinski definition) is 0. The van der Waals surface area contributed by atoms with Gasteiger partial charge in [-0.1, -0.05) is 48.0 Å². The van der Waals surface area contributed by atoms with E-state index in [1.54, 1.807) is 0 Å². The summed E-state index contributed by atoms with van der Waals surface area (Å²) in [5, 5.41) is 0. The highest BCUT2D eigenvalue weighted by Crippen LogP contribution is 2.83. The zero-order valence-electron chi connectivity index (χ0n) is 10.7. The van der Waals surface area contributed by atoms with Crippen molar-refractivity contribution in [3.05, 3.63) is 0 Å². The van der Waals surface area contributed by atoms with Crippen LogP contribution >= 0.6 is 0 Å². The van der Waals surface area contributed by atoms with E-state index in [1.165, 1.54) is 12.8 Å². The first-order valence-corrected chi connectivity index (χ1v) is 6.40. The molecule has 0 aromatic rings. The molecule has 2 saturated carbocycles. The minimum atomic E-state index is 0.624. The minimum absolute atomic E-state index is 0.624. The highest BCUT2D eigenvalue weighted by Gasteiger charge is 2.78. The molecule has 0 nitrogen and oxygen atoms in total. The van der Waals surface area contributed by atoms with E-state index in [0.717, 1.165) is 29.1 Å². The second-order valence-corrected chi connectivity index (χ2v) is 6.51. The van der Waals surface area contributed by atoms with Crippen molar-refractivity contribution in [2.75, 3.05) is 0 Å². The van der Waals surface area contributed by atoms with Crippen LogP contribution in [0.15, 0.2) is 0 Å². The van der Waals surface area contributed by atoms with Crippen molar-refractivity contribution in [1.29, 1.82) is 0 Å². The van der Waals surface area contributed by atoms with Gasteiger partial charge in [0.05, 0.1) is 0 Å². The zero-order valence-corrected chi connectivity index (χ0v) is 10.7. The lowest BCUT2D eigenvalue weighted by molar-refractivity contribution is -0.0217. The molecule has 0 heterocycles. The van der Waals surface area contributed by atoms with Crippen LogP contribution in [0.25, 0.3) is 0 Å². The summed E-state index contributed by atoms with van der Waals surface area (Å²) in [6.45, 7) is 14.7. The van der Waals surface area contributed by atoms with E-state index in [-0.39, 0.29) is 0 Å². The second kappa shape index (κ2) is 2.77. The maximum absolute atomic E-state index is 2.49. The van der Waals surface area contributed by atoms with Gasteiger partial charge in [0.2, 0.25) is 0 Å². The van der Waals surface area contributed by atoms with E-state index < -0.39 is 0 Å². The Morgan fingerprint density at radius 3 is 2.07 bits per heavy atom. The molecule has 5 atom stereocenters. The van der Waals surface area contributed by atoms with Crippen LogP contribution in [-0.2, 0) is 0 Å². The van der Waals surface area contributed by atoms with E-state index in [9.17, 15) is 0 Å². The van der Waals surface area contributed by atoms with Gasteiger partial charge in [0.15, 0.2) is 0 Å². The van der Waals surface area contributed by atoms with Crippen molar-refractivity contribution in [3.8, 4) is 0 Å². The Morgan fingerprint density at radius 2 is 1.79 bits per heavy atom. The summed E-state index contributed by atoms with van der Waals surface area (Å²) >= 11 is 0. The molecular weight excluding hydrogens is 168 g/mol. The lowest BCUT2D eigenvalue weighted by atomic mass is 9.54. The second-order valence-electron chi connectivity index (χ2n) is 6.51. The van der Waals surface area contributed by atoms with Crippen LogP contribution in [-0.4, -0.2) is 0 Å². The summed E-state index contributed by atoms with van der Waals surface area (Å²) in [5.74, 6) is 3.90. The summed E-state index contributed by atoms with van der Waals surface area (Å²) in [5.41, 5.74) is 1.35. The Hall–Kier alpha value is 0. The van der Waals surface area contributed by atoms with Crippen molar-refractivity contribution < 1.29 is 0 Å². The molecule has 2 fully saturated rings. The van der Waals surface area contributed by atoms with Crippen LogP contribution in [0.1, 0.15) is 54.4 Å². The van der Waals surface area contributed by atoms with Gasteiger partial charge in [0.25, 0.3) is 0 Å². The average molecular weight is 194 g/mol. The first-order chi connectivity index (χ1) is 6.40. The zero-order chi connectivity index (χ0) is 10.7. The van der Waals surface area contributed by atoms with Gasteiger partial charge in [-0.3, -0.25) is 0 Å². The van der Waals surface area contributed by atoms with E-state index in [2.05, 4.69) is 41.5 Å². The van der Waals surface area contributed by atoms with Gasteiger partial charge in [-0.2, -0.15) is 0 Å². The Balaban J connectivity index is 2.19. The van der Waals surface area contributed by atoms with Gasteiger partial charge < -0.3 is 0 Å². The Morgan fingerprint density at radius 1 is 1.29 bits per heavy atom. The molecule has 14 heavy (non-hydrogen) atoms. The molecule has 0 N–H and O–H groups in total. The molecule has 2 aliphatic carbocycles. The molecule has 0 saturated heterocycles. The highest BCUT2D eigenvalue weighted by molar-refractivity contribution is 5.25. The fourth-order valence-corrected chi connectivity index (χ4v) is 4.92. The lowest BCUT2D eigenvalue weighted by Gasteiger charge is -2.50. The summed E-state index contributed by atoms with van der Waals surface area (Å²) in [6.07, 6.45) is 2.85. The standard InChI is InChI=1S/C14H26/c1-7-9(2)12-8-10(3)14(12)11(4)13(14,5)6/h9-12H,7-8H2,1-6H3. The van der Waals surface area contributed by atoms with Crippen molar-refractivity contribution in [2.24, 2.45) is 34.5 Å². The maximum Gasteiger partial charge on any atom is -0.0156 e. The Labute approximate surface area is 89.5 Å². The van der Waals surface area contributed by atoms with E-state index in [1.807, 2.05) is 0 Å². The van der Waals surface area contributed by atoms with Gasteiger partial charge in [-0.15, -0.1) is 0 Å². The summed E-state index contributed by atoms with van der Waals surface area (Å²) in [7, 11) is 0. The molecule has 0 aromatic carbocycles. The molecule has 0 radical (unpaired) electrons. The monoisotopic (exact) mass is 194 g/mol. The minimum Gasteiger partial charge on any atom is -0.0651 e. The van der Waals surface area contributed by atoms with Crippen LogP contribution in [0, 0.1) is 34.5 Å². The molecule has 0 aliphatic heterocycles. The molecule has 0 bridgehead atoms. The van der Waals surface area contributed by atoms with Crippen molar-refractivity contribution in [1.82, 2.24) is 0 Å². The molecule has 0 aromatic heterocycles. The first-order valence-electron chi connectivity index (χ1n) is 6.40. The fourth-order valence-electron chi connectivity index (χ4n) is 4.92. The predicted octanol–water partition coefficient (Wildman–Crippen LogP) is 4.35. The quantitative estimate of drug-likeness (QED) is 0.613. The Kier molecular flexibility index (Phi) is 2.08. The van der Waals surface area contributed by atoms with Crippen LogP contribution in [0.3, 0.4) is 0 Å². The van der Waals surface area contributed by atoms with Gasteiger partial charge in [-0.05, 0) is 40.9 Å². The van der Waals surface area contributed by atoms with Crippen LogP contribution in [0.4, 0.5) is 0 Å². The highest BCUT2D eigenvalue weighted by atomic mass is 14.8.